The molecule has 2 rings (SSSR count). The Morgan fingerprint density at radius 3 is 2.50 bits per heavy atom. The van der Waals surface area contributed by atoms with Crippen LogP contribution in [0.15, 0.2) is 29.2 Å². The van der Waals surface area contributed by atoms with E-state index in [1.165, 1.54) is 6.92 Å². The number of ether oxygens (including phenoxy) is 1. The summed E-state index contributed by atoms with van der Waals surface area (Å²) < 4.78 is 31.8. The summed E-state index contributed by atoms with van der Waals surface area (Å²) in [5.41, 5.74) is 1.14. The van der Waals surface area contributed by atoms with Crippen LogP contribution in [0.2, 0.25) is 0 Å². The maximum Gasteiger partial charge on any atom is 0.323 e. The van der Waals surface area contributed by atoms with Crippen molar-refractivity contribution in [1.82, 2.24) is 10.0 Å². The topological polar surface area (TPSA) is 84.5 Å². The molecule has 1 fully saturated rings. The van der Waals surface area contributed by atoms with Crippen molar-refractivity contribution in [2.75, 3.05) is 19.7 Å². The van der Waals surface area contributed by atoms with E-state index in [1.54, 1.807) is 19.1 Å². The fraction of sp³-hybridized carbons (Fsp3) is 0.588. The summed E-state index contributed by atoms with van der Waals surface area (Å²) in [5.74, 6) is 0.0688. The molecule has 1 heterocycles. The Kier molecular flexibility index (Phi) is 6.77. The van der Waals surface area contributed by atoms with E-state index in [-0.39, 0.29) is 11.5 Å². The highest BCUT2D eigenvalue weighted by Crippen LogP contribution is 2.19. The van der Waals surface area contributed by atoms with Crippen molar-refractivity contribution in [1.29, 1.82) is 0 Å². The molecule has 1 aromatic rings. The summed E-state index contributed by atoms with van der Waals surface area (Å²) in [4.78, 5) is 11.7. The third kappa shape index (κ3) is 5.29. The minimum absolute atomic E-state index is 0.160. The van der Waals surface area contributed by atoms with E-state index < -0.39 is 22.0 Å². The molecule has 6 nitrogen and oxygen atoms in total. The van der Waals surface area contributed by atoms with Gasteiger partial charge < -0.3 is 10.1 Å². The van der Waals surface area contributed by atoms with Gasteiger partial charge in [-0.15, -0.1) is 0 Å². The first kappa shape index (κ1) is 18.9. The Balaban J connectivity index is 1.99. The fourth-order valence-electron chi connectivity index (χ4n) is 2.84. The van der Waals surface area contributed by atoms with E-state index >= 15 is 0 Å². The van der Waals surface area contributed by atoms with Crippen molar-refractivity contribution in [3.05, 3.63) is 29.8 Å². The second-order valence-electron chi connectivity index (χ2n) is 6.14. The summed E-state index contributed by atoms with van der Waals surface area (Å²) >= 11 is 0. The normalized spacial score (nSPS) is 17.4. The van der Waals surface area contributed by atoms with Crippen LogP contribution < -0.4 is 10.0 Å². The zero-order valence-corrected chi connectivity index (χ0v) is 15.1. The molecule has 0 radical (unpaired) electrons. The second kappa shape index (κ2) is 8.60. The molecule has 1 saturated heterocycles. The number of piperidine rings is 1. The number of esters is 1. The van der Waals surface area contributed by atoms with Gasteiger partial charge in [-0.1, -0.05) is 12.1 Å². The fourth-order valence-corrected chi connectivity index (χ4v) is 4.03. The van der Waals surface area contributed by atoms with Crippen LogP contribution in [0.5, 0.6) is 0 Å². The molecule has 0 amide bonds. The highest BCUT2D eigenvalue weighted by molar-refractivity contribution is 7.89. The van der Waals surface area contributed by atoms with Gasteiger partial charge in [0.05, 0.1) is 11.5 Å². The molecular weight excluding hydrogens is 328 g/mol. The van der Waals surface area contributed by atoms with Crippen LogP contribution in [0.1, 0.15) is 32.3 Å². The molecule has 0 aliphatic carbocycles. The van der Waals surface area contributed by atoms with Crippen molar-refractivity contribution in [3.63, 3.8) is 0 Å². The maximum atomic E-state index is 12.3. The minimum Gasteiger partial charge on any atom is -0.465 e. The molecule has 1 aromatic carbocycles. The number of benzene rings is 1. The summed E-state index contributed by atoms with van der Waals surface area (Å²) in [5, 5.41) is 3.34. The molecule has 0 aromatic heterocycles. The Morgan fingerprint density at radius 2 is 1.92 bits per heavy atom. The van der Waals surface area contributed by atoms with E-state index in [4.69, 9.17) is 4.74 Å². The highest BCUT2D eigenvalue weighted by atomic mass is 32.2. The molecule has 1 unspecified atom stereocenters. The molecule has 0 saturated carbocycles. The third-order valence-corrected chi connectivity index (χ3v) is 5.75. The molecule has 1 aliphatic heterocycles. The summed E-state index contributed by atoms with van der Waals surface area (Å²) in [6.07, 6.45) is 3.27. The van der Waals surface area contributed by atoms with Gasteiger partial charge in [0.15, 0.2) is 0 Å². The number of rotatable bonds is 7. The van der Waals surface area contributed by atoms with Crippen LogP contribution in [0.25, 0.3) is 0 Å². The Hall–Kier alpha value is -1.44. The monoisotopic (exact) mass is 354 g/mol. The van der Waals surface area contributed by atoms with Gasteiger partial charge in [-0.25, -0.2) is 8.42 Å². The second-order valence-corrected chi connectivity index (χ2v) is 7.85. The van der Waals surface area contributed by atoms with Gasteiger partial charge in [-0.3, -0.25) is 4.79 Å². The average Bonchev–Trinajstić information content (AvgIpc) is 2.56. The smallest absolute Gasteiger partial charge is 0.323 e. The van der Waals surface area contributed by atoms with E-state index in [9.17, 15) is 13.2 Å². The van der Waals surface area contributed by atoms with Gasteiger partial charge in [0.25, 0.3) is 0 Å². The third-order valence-electron chi connectivity index (χ3n) is 4.19. The summed E-state index contributed by atoms with van der Waals surface area (Å²) in [6.45, 7) is 5.47. The standard InChI is InChI=1S/C17H26N2O4S/c1-3-23-17(20)13(2)19-24(21,22)16-6-4-14(5-7-16)12-15-8-10-18-11-9-15/h4-7,13,15,18-19H,3,8-12H2,1-2H3. The number of hydrogen-bond donors (Lipinski definition) is 2. The first-order valence-electron chi connectivity index (χ1n) is 8.41. The molecule has 24 heavy (non-hydrogen) atoms. The van der Waals surface area contributed by atoms with Crippen molar-refractivity contribution in [3.8, 4) is 0 Å². The molecule has 1 atom stereocenters. The van der Waals surface area contributed by atoms with E-state index in [0.29, 0.717) is 5.92 Å². The van der Waals surface area contributed by atoms with Crippen LogP contribution in [0, 0.1) is 5.92 Å². The first-order chi connectivity index (χ1) is 11.4. The molecule has 0 spiro atoms. The zero-order valence-electron chi connectivity index (χ0n) is 14.2. The van der Waals surface area contributed by atoms with Gasteiger partial charge in [0.1, 0.15) is 6.04 Å². The predicted molar refractivity (Wildman–Crippen MR) is 92.2 cm³/mol. The zero-order chi connectivity index (χ0) is 17.6. The quantitative estimate of drug-likeness (QED) is 0.724. The van der Waals surface area contributed by atoms with Gasteiger partial charge >= 0.3 is 5.97 Å². The van der Waals surface area contributed by atoms with Crippen molar-refractivity contribution in [2.24, 2.45) is 5.92 Å². The number of hydrogen-bond acceptors (Lipinski definition) is 5. The molecule has 134 valence electrons. The Labute approximate surface area is 144 Å². The number of sulfonamides is 1. The van der Waals surface area contributed by atoms with E-state index in [0.717, 1.165) is 37.9 Å². The van der Waals surface area contributed by atoms with Gasteiger partial charge in [-0.05, 0) is 69.8 Å². The van der Waals surface area contributed by atoms with Crippen molar-refractivity contribution >= 4 is 16.0 Å². The molecule has 0 bridgehead atoms. The van der Waals surface area contributed by atoms with Crippen molar-refractivity contribution < 1.29 is 17.9 Å². The van der Waals surface area contributed by atoms with Crippen LogP contribution in [0.3, 0.4) is 0 Å². The summed E-state index contributed by atoms with van der Waals surface area (Å²) in [6, 6.07) is 5.98. The molecular formula is C17H26N2O4S. The lowest BCUT2D eigenvalue weighted by atomic mass is 9.91. The van der Waals surface area contributed by atoms with Gasteiger partial charge in [0.2, 0.25) is 10.0 Å². The lowest BCUT2D eigenvalue weighted by molar-refractivity contribution is -0.144. The van der Waals surface area contributed by atoms with E-state index in [2.05, 4.69) is 10.0 Å². The molecule has 7 heteroatoms. The number of carbonyl (C=O) groups is 1. The Morgan fingerprint density at radius 1 is 1.29 bits per heavy atom. The minimum atomic E-state index is -3.73. The van der Waals surface area contributed by atoms with Crippen LogP contribution in [-0.4, -0.2) is 40.1 Å². The van der Waals surface area contributed by atoms with Gasteiger partial charge in [-0.2, -0.15) is 4.72 Å². The van der Waals surface area contributed by atoms with Crippen LogP contribution in [0.4, 0.5) is 0 Å². The molecule has 2 N–H and O–H groups in total. The first-order valence-corrected chi connectivity index (χ1v) is 9.89. The van der Waals surface area contributed by atoms with Gasteiger partial charge in [0, 0.05) is 0 Å². The molecule has 1 aliphatic rings. The van der Waals surface area contributed by atoms with E-state index in [1.807, 2.05) is 12.1 Å². The lowest BCUT2D eigenvalue weighted by Crippen LogP contribution is -2.39. The highest BCUT2D eigenvalue weighted by Gasteiger charge is 2.23. The van der Waals surface area contributed by atoms with Crippen LogP contribution in [-0.2, 0) is 26.0 Å². The maximum absolute atomic E-state index is 12.3. The largest absolute Gasteiger partial charge is 0.465 e. The Bertz CT molecular complexity index is 637. The SMILES string of the molecule is CCOC(=O)C(C)NS(=O)(=O)c1ccc(CC2CCNCC2)cc1. The van der Waals surface area contributed by atoms with Crippen molar-refractivity contribution in [2.45, 2.75) is 44.0 Å². The average molecular weight is 354 g/mol. The summed E-state index contributed by atoms with van der Waals surface area (Å²) in [7, 11) is -3.73. The van der Waals surface area contributed by atoms with Crippen LogP contribution >= 0.6 is 0 Å². The predicted octanol–water partition coefficient (Wildman–Crippen LogP) is 1.46. The number of carbonyl (C=O) groups excluding carboxylic acids is 1. The lowest BCUT2D eigenvalue weighted by Gasteiger charge is -2.22. The number of nitrogens with one attached hydrogen (secondary N) is 2.